The third kappa shape index (κ3) is 1.93. The van der Waals surface area contributed by atoms with E-state index in [1.165, 1.54) is 5.57 Å². The van der Waals surface area contributed by atoms with Gasteiger partial charge in [-0.2, -0.15) is 0 Å². The number of carbonyl (C=O) groups excluding carboxylic acids is 1. The molecule has 1 aliphatic carbocycles. The summed E-state index contributed by atoms with van der Waals surface area (Å²) in [6, 6.07) is 0. The Morgan fingerprint density at radius 1 is 1.82 bits per heavy atom. The largest absolute Gasteiger partial charge is 0.298 e. The number of alkyl halides is 1. The molecule has 0 heterocycles. The molecule has 60 valence electrons. The van der Waals surface area contributed by atoms with Crippen molar-refractivity contribution in [2.45, 2.75) is 25.1 Å². The summed E-state index contributed by atoms with van der Waals surface area (Å²) in [7, 11) is 0. The van der Waals surface area contributed by atoms with Crippen LogP contribution in [0.3, 0.4) is 0 Å². The smallest absolute Gasteiger partial charge is 0.149 e. The molecule has 1 unspecified atom stereocenters. The van der Waals surface area contributed by atoms with Gasteiger partial charge in [-0.05, 0) is 12.8 Å². The molecule has 0 fully saturated rings. The van der Waals surface area contributed by atoms with Crippen molar-refractivity contribution in [2.24, 2.45) is 0 Å². The summed E-state index contributed by atoms with van der Waals surface area (Å²) in [5.41, 5.74) is 1.98. The minimum atomic E-state index is 0.0775. The van der Waals surface area contributed by atoms with Crippen molar-refractivity contribution in [1.29, 1.82) is 0 Å². The lowest BCUT2D eigenvalue weighted by Crippen LogP contribution is -2.04. The maximum Gasteiger partial charge on any atom is 0.149 e. The monoisotopic (exact) mass is 170 g/mol. The molecular formula is C9H11ClO. The minimum Gasteiger partial charge on any atom is -0.298 e. The van der Waals surface area contributed by atoms with E-state index in [9.17, 15) is 4.79 Å². The van der Waals surface area contributed by atoms with Crippen molar-refractivity contribution < 1.29 is 4.79 Å². The molecule has 1 nitrogen and oxygen atoms in total. The SMILES string of the molecule is CCC1=C(C=O)C=CC(Cl)C1. The number of hydrogen-bond acceptors (Lipinski definition) is 1. The lowest BCUT2D eigenvalue weighted by Gasteiger charge is -2.13. The van der Waals surface area contributed by atoms with E-state index >= 15 is 0 Å². The average Bonchev–Trinajstić information content (AvgIpc) is 2.04. The molecule has 1 aliphatic rings. The van der Waals surface area contributed by atoms with Crippen LogP contribution in [0.4, 0.5) is 0 Å². The van der Waals surface area contributed by atoms with Gasteiger partial charge in [-0.15, -0.1) is 11.6 Å². The summed E-state index contributed by atoms with van der Waals surface area (Å²) in [6.07, 6.45) is 6.32. The van der Waals surface area contributed by atoms with Gasteiger partial charge in [-0.1, -0.05) is 24.6 Å². The Bertz CT molecular complexity index is 216. The van der Waals surface area contributed by atoms with Crippen LogP contribution in [-0.4, -0.2) is 11.7 Å². The Balaban J connectivity index is 2.85. The maximum atomic E-state index is 10.5. The highest BCUT2D eigenvalue weighted by Crippen LogP contribution is 2.23. The number of carbonyl (C=O) groups is 1. The van der Waals surface area contributed by atoms with Gasteiger partial charge in [-0.25, -0.2) is 0 Å². The zero-order valence-electron chi connectivity index (χ0n) is 6.51. The van der Waals surface area contributed by atoms with Crippen LogP contribution in [0, 0.1) is 0 Å². The maximum absolute atomic E-state index is 10.5. The van der Waals surface area contributed by atoms with Crippen LogP contribution >= 0.6 is 11.6 Å². The minimum absolute atomic E-state index is 0.0775. The third-order valence-electron chi connectivity index (χ3n) is 1.89. The van der Waals surface area contributed by atoms with E-state index in [2.05, 4.69) is 0 Å². The van der Waals surface area contributed by atoms with Crippen molar-refractivity contribution in [3.63, 3.8) is 0 Å². The van der Waals surface area contributed by atoms with Crippen molar-refractivity contribution in [3.05, 3.63) is 23.3 Å². The van der Waals surface area contributed by atoms with Gasteiger partial charge in [0.2, 0.25) is 0 Å². The van der Waals surface area contributed by atoms with Crippen molar-refractivity contribution >= 4 is 17.9 Å². The topological polar surface area (TPSA) is 17.1 Å². The van der Waals surface area contributed by atoms with Gasteiger partial charge < -0.3 is 0 Å². The number of allylic oxidation sites excluding steroid dienone is 4. The Labute approximate surface area is 71.7 Å². The first-order valence-corrected chi connectivity index (χ1v) is 4.21. The summed E-state index contributed by atoms with van der Waals surface area (Å²) in [4.78, 5) is 10.5. The lowest BCUT2D eigenvalue weighted by molar-refractivity contribution is -0.104. The molecule has 0 radical (unpaired) electrons. The number of halogens is 1. The molecule has 0 N–H and O–H groups in total. The summed E-state index contributed by atoms with van der Waals surface area (Å²) in [6.45, 7) is 2.04. The van der Waals surface area contributed by atoms with E-state index in [0.29, 0.717) is 0 Å². The Morgan fingerprint density at radius 2 is 2.55 bits per heavy atom. The van der Waals surface area contributed by atoms with Crippen LogP contribution in [-0.2, 0) is 4.79 Å². The van der Waals surface area contributed by atoms with E-state index in [0.717, 1.165) is 24.7 Å². The second-order valence-corrected chi connectivity index (χ2v) is 3.17. The lowest BCUT2D eigenvalue weighted by atomic mass is 9.96. The predicted molar refractivity (Wildman–Crippen MR) is 46.8 cm³/mol. The van der Waals surface area contributed by atoms with Crippen LogP contribution in [0.15, 0.2) is 23.3 Å². The van der Waals surface area contributed by atoms with Crippen LogP contribution in [0.5, 0.6) is 0 Å². The van der Waals surface area contributed by atoms with Gasteiger partial charge in [0.15, 0.2) is 0 Å². The Hall–Kier alpha value is -0.560. The van der Waals surface area contributed by atoms with Crippen molar-refractivity contribution in [3.8, 4) is 0 Å². The highest BCUT2D eigenvalue weighted by atomic mass is 35.5. The summed E-state index contributed by atoms with van der Waals surface area (Å²) >= 11 is 5.88. The second kappa shape index (κ2) is 3.72. The fraction of sp³-hybridized carbons (Fsp3) is 0.444. The van der Waals surface area contributed by atoms with E-state index in [4.69, 9.17) is 11.6 Å². The molecule has 0 amide bonds. The molecule has 0 saturated heterocycles. The summed E-state index contributed by atoms with van der Waals surface area (Å²) in [5.74, 6) is 0. The molecule has 0 aromatic heterocycles. The Morgan fingerprint density at radius 3 is 3.09 bits per heavy atom. The fourth-order valence-electron chi connectivity index (χ4n) is 1.22. The summed E-state index contributed by atoms with van der Waals surface area (Å²) < 4.78 is 0. The summed E-state index contributed by atoms with van der Waals surface area (Å²) in [5, 5.41) is 0.0775. The first-order chi connectivity index (χ1) is 5.27. The first-order valence-electron chi connectivity index (χ1n) is 3.77. The molecule has 0 spiro atoms. The van der Waals surface area contributed by atoms with E-state index < -0.39 is 0 Å². The number of hydrogen-bond donors (Lipinski definition) is 0. The highest BCUT2D eigenvalue weighted by Gasteiger charge is 2.11. The molecule has 11 heavy (non-hydrogen) atoms. The van der Waals surface area contributed by atoms with Gasteiger partial charge in [0.25, 0.3) is 0 Å². The quantitative estimate of drug-likeness (QED) is 0.460. The molecule has 0 aliphatic heterocycles. The van der Waals surface area contributed by atoms with Crippen LogP contribution in [0.25, 0.3) is 0 Å². The number of rotatable bonds is 2. The molecular weight excluding hydrogens is 160 g/mol. The third-order valence-corrected chi connectivity index (χ3v) is 2.19. The standard InChI is InChI=1S/C9H11ClO/c1-2-7-5-9(10)4-3-8(7)6-11/h3-4,6,9H,2,5H2,1H3. The average molecular weight is 171 g/mol. The van der Waals surface area contributed by atoms with Gasteiger partial charge in [0.05, 0.1) is 5.38 Å². The van der Waals surface area contributed by atoms with Crippen molar-refractivity contribution in [1.82, 2.24) is 0 Å². The molecule has 0 saturated carbocycles. The molecule has 2 heteroatoms. The molecule has 1 atom stereocenters. The molecule has 0 bridgehead atoms. The van der Waals surface area contributed by atoms with Crippen LogP contribution in [0.2, 0.25) is 0 Å². The van der Waals surface area contributed by atoms with Gasteiger partial charge in [0.1, 0.15) is 6.29 Å². The predicted octanol–water partition coefficient (Wildman–Crippen LogP) is 2.46. The van der Waals surface area contributed by atoms with E-state index in [-0.39, 0.29) is 5.38 Å². The molecule has 0 aromatic rings. The highest BCUT2D eigenvalue weighted by molar-refractivity contribution is 6.22. The fourth-order valence-corrected chi connectivity index (χ4v) is 1.48. The van der Waals surface area contributed by atoms with Gasteiger partial charge >= 0.3 is 0 Å². The first kappa shape index (κ1) is 8.54. The second-order valence-electron chi connectivity index (χ2n) is 2.61. The van der Waals surface area contributed by atoms with Gasteiger partial charge in [0, 0.05) is 5.57 Å². The van der Waals surface area contributed by atoms with Crippen LogP contribution in [0.1, 0.15) is 19.8 Å². The molecule has 1 rings (SSSR count). The van der Waals surface area contributed by atoms with Crippen molar-refractivity contribution in [2.75, 3.05) is 0 Å². The number of aldehydes is 1. The van der Waals surface area contributed by atoms with Crippen LogP contribution < -0.4 is 0 Å². The van der Waals surface area contributed by atoms with E-state index in [1.807, 2.05) is 19.1 Å². The van der Waals surface area contributed by atoms with E-state index in [1.54, 1.807) is 0 Å². The molecule has 0 aromatic carbocycles. The zero-order valence-corrected chi connectivity index (χ0v) is 7.27. The zero-order chi connectivity index (χ0) is 8.27. The Kier molecular flexibility index (Phi) is 2.89. The normalized spacial score (nSPS) is 24.0. The van der Waals surface area contributed by atoms with Gasteiger partial charge in [-0.3, -0.25) is 4.79 Å².